The van der Waals surface area contributed by atoms with Crippen molar-refractivity contribution in [3.63, 3.8) is 0 Å². The zero-order valence-electron chi connectivity index (χ0n) is 28.3. The molecule has 1 unspecified atom stereocenters. The highest BCUT2D eigenvalue weighted by Gasteiger charge is 2.24. The first-order valence-electron chi connectivity index (χ1n) is 17.1. The van der Waals surface area contributed by atoms with Crippen LogP contribution >= 0.6 is 0 Å². The van der Waals surface area contributed by atoms with E-state index in [1.165, 1.54) is 6.08 Å². The number of pyridine rings is 2. The second kappa shape index (κ2) is 14.3. The van der Waals surface area contributed by atoms with Crippen LogP contribution in [0.1, 0.15) is 74.2 Å². The van der Waals surface area contributed by atoms with Gasteiger partial charge in [-0.15, -0.1) is 0 Å². The van der Waals surface area contributed by atoms with Crippen molar-refractivity contribution in [1.29, 1.82) is 0 Å². The van der Waals surface area contributed by atoms with Gasteiger partial charge in [-0.2, -0.15) is 0 Å². The molecule has 48 heavy (non-hydrogen) atoms. The van der Waals surface area contributed by atoms with E-state index in [0.717, 1.165) is 70.0 Å². The Hall–Kier alpha value is -5.17. The molecule has 3 aromatic carbocycles. The normalized spacial score (nSPS) is 15.4. The second-order valence-corrected chi connectivity index (χ2v) is 12.9. The molecule has 5 aromatic rings. The molecule has 1 aliphatic heterocycles. The number of para-hydroxylation sites is 2. The van der Waals surface area contributed by atoms with Gasteiger partial charge >= 0.3 is 0 Å². The summed E-state index contributed by atoms with van der Waals surface area (Å²) in [5.74, 6) is -0.242. The van der Waals surface area contributed by atoms with Crippen LogP contribution in [-0.4, -0.2) is 14.9 Å². The number of aryl methyl sites for hydroxylation is 4. The summed E-state index contributed by atoms with van der Waals surface area (Å²) in [6.07, 6.45) is 8.82. The van der Waals surface area contributed by atoms with Crippen LogP contribution in [0, 0.1) is 13.8 Å². The quantitative estimate of drug-likeness (QED) is 0.149. The van der Waals surface area contributed by atoms with Crippen LogP contribution in [0.2, 0.25) is 0 Å². The number of benzene rings is 3. The highest BCUT2D eigenvalue weighted by molar-refractivity contribution is 6.03. The van der Waals surface area contributed by atoms with Gasteiger partial charge in [0.15, 0.2) is 5.78 Å². The average Bonchev–Trinajstić information content (AvgIpc) is 3.25. The smallest absolute Gasteiger partial charge is 0.258 e. The molecule has 0 amide bonds. The van der Waals surface area contributed by atoms with E-state index < -0.39 is 0 Å². The number of carbonyl (C=O) groups excluding carboxylic acids is 1. The van der Waals surface area contributed by atoms with E-state index in [9.17, 15) is 14.4 Å². The van der Waals surface area contributed by atoms with Gasteiger partial charge in [0.25, 0.3) is 11.1 Å². The van der Waals surface area contributed by atoms with Crippen LogP contribution in [0.5, 0.6) is 0 Å². The summed E-state index contributed by atoms with van der Waals surface area (Å²) >= 11 is 0. The third-order valence-corrected chi connectivity index (χ3v) is 9.12. The van der Waals surface area contributed by atoms with Crippen LogP contribution in [-0.2, 0) is 17.9 Å². The third kappa shape index (κ3) is 6.91. The zero-order chi connectivity index (χ0) is 33.8. The maximum absolute atomic E-state index is 14.1. The number of rotatable bonds is 10. The van der Waals surface area contributed by atoms with Gasteiger partial charge in [-0.25, -0.2) is 0 Å². The average molecular weight is 641 g/mol. The van der Waals surface area contributed by atoms with E-state index in [1.54, 1.807) is 12.2 Å². The Bertz CT molecular complexity index is 2190. The molecule has 0 bridgehead atoms. The van der Waals surface area contributed by atoms with Gasteiger partial charge in [-0.05, 0) is 98.1 Å². The van der Waals surface area contributed by atoms with E-state index in [2.05, 4.69) is 43.5 Å². The molecule has 2 aromatic heterocycles. The highest BCUT2D eigenvalue weighted by Crippen LogP contribution is 2.35. The predicted molar refractivity (Wildman–Crippen MR) is 199 cm³/mol. The number of fused-ring (bicyclic) bond motifs is 3. The lowest BCUT2D eigenvalue weighted by Crippen LogP contribution is -2.28. The standard InChI is InChI=1S/C41H44N4O3/c1-5-7-19-44-38-17-13-27(3)21-30(38)23-29(40(44)47)15-16-33(46)25-32-26-37(43-36-12-10-9-11-35(36)42-32)34-24-31-22-28(4)14-18-39(31)45(41(34)48)20-8-6-2/h9-18,21-25,37,42-43H,5-8,19-20,26H2,1-4H3/b16-15+,32-25-. The SMILES string of the molecule is CCCCn1c(=O)c(/C=C/C(=O)/C=C2/CC(c3cc4cc(C)ccc4n(CCCC)c3=O)Nc3ccccc3N2)cc2cc(C)ccc21. The van der Waals surface area contributed by atoms with Gasteiger partial charge in [-0.3, -0.25) is 14.4 Å². The van der Waals surface area contributed by atoms with Gasteiger partial charge in [0.2, 0.25) is 0 Å². The summed E-state index contributed by atoms with van der Waals surface area (Å²) in [5, 5.41) is 9.04. The summed E-state index contributed by atoms with van der Waals surface area (Å²) in [7, 11) is 0. The summed E-state index contributed by atoms with van der Waals surface area (Å²) in [5.41, 5.74) is 7.47. The molecule has 3 heterocycles. The maximum atomic E-state index is 14.1. The largest absolute Gasteiger partial charge is 0.376 e. The van der Waals surface area contributed by atoms with E-state index in [-0.39, 0.29) is 22.9 Å². The molecule has 2 N–H and O–H groups in total. The van der Waals surface area contributed by atoms with Gasteiger partial charge < -0.3 is 19.8 Å². The fraction of sp³-hybridized carbons (Fsp3) is 0.293. The second-order valence-electron chi connectivity index (χ2n) is 12.9. The molecule has 0 saturated heterocycles. The molecule has 0 fully saturated rings. The Morgan fingerprint density at radius 3 is 2.04 bits per heavy atom. The van der Waals surface area contributed by atoms with Crippen molar-refractivity contribution in [2.75, 3.05) is 10.6 Å². The van der Waals surface area contributed by atoms with Gasteiger partial charge in [0.1, 0.15) is 0 Å². The fourth-order valence-electron chi connectivity index (χ4n) is 6.58. The van der Waals surface area contributed by atoms with Crippen LogP contribution in [0.15, 0.2) is 100 Å². The monoisotopic (exact) mass is 640 g/mol. The molecule has 0 radical (unpaired) electrons. The minimum absolute atomic E-state index is 0.0202. The summed E-state index contributed by atoms with van der Waals surface area (Å²) < 4.78 is 3.72. The summed E-state index contributed by atoms with van der Waals surface area (Å²) in [6, 6.07) is 23.6. The lowest BCUT2D eigenvalue weighted by molar-refractivity contribution is -0.110. The highest BCUT2D eigenvalue weighted by atomic mass is 16.1. The van der Waals surface area contributed by atoms with E-state index in [0.29, 0.717) is 36.3 Å². The number of ketones is 1. The number of hydrogen-bond acceptors (Lipinski definition) is 5. The first kappa shape index (κ1) is 32.8. The third-order valence-electron chi connectivity index (χ3n) is 9.12. The summed E-state index contributed by atoms with van der Waals surface area (Å²) in [6.45, 7) is 9.60. The number of aromatic nitrogens is 2. The molecule has 0 aliphatic carbocycles. The Balaban J connectivity index is 1.37. The van der Waals surface area contributed by atoms with Crippen LogP contribution in [0.4, 0.5) is 11.4 Å². The molecule has 246 valence electrons. The number of unbranched alkanes of at least 4 members (excludes halogenated alkanes) is 2. The van der Waals surface area contributed by atoms with Crippen molar-refractivity contribution < 1.29 is 4.79 Å². The van der Waals surface area contributed by atoms with Crippen LogP contribution in [0.25, 0.3) is 27.9 Å². The topological polar surface area (TPSA) is 85.1 Å². The molecular formula is C41H44N4O3. The lowest BCUT2D eigenvalue weighted by atomic mass is 9.99. The maximum Gasteiger partial charge on any atom is 0.258 e. The molecule has 0 saturated carbocycles. The summed E-state index contributed by atoms with van der Waals surface area (Å²) in [4.78, 5) is 41.1. The van der Waals surface area contributed by atoms with Crippen molar-refractivity contribution in [3.05, 3.63) is 134 Å². The van der Waals surface area contributed by atoms with Gasteiger partial charge in [0.05, 0.1) is 28.5 Å². The van der Waals surface area contributed by atoms with Crippen molar-refractivity contribution in [2.45, 2.75) is 78.9 Å². The Morgan fingerprint density at radius 1 is 0.792 bits per heavy atom. The minimum Gasteiger partial charge on any atom is -0.376 e. The van der Waals surface area contributed by atoms with E-state index in [1.807, 2.05) is 76.7 Å². The first-order chi connectivity index (χ1) is 23.2. The number of allylic oxidation sites excluding steroid dienone is 2. The van der Waals surface area contributed by atoms with Crippen molar-refractivity contribution in [2.24, 2.45) is 0 Å². The molecule has 7 heteroatoms. The van der Waals surface area contributed by atoms with Crippen molar-refractivity contribution >= 4 is 45.0 Å². The Morgan fingerprint density at radius 2 is 1.40 bits per heavy atom. The Labute approximate surface area is 281 Å². The number of hydrogen-bond donors (Lipinski definition) is 2. The van der Waals surface area contributed by atoms with Crippen molar-refractivity contribution in [3.8, 4) is 0 Å². The molecule has 6 rings (SSSR count). The van der Waals surface area contributed by atoms with E-state index >= 15 is 0 Å². The number of nitrogens with one attached hydrogen (secondary N) is 2. The number of anilines is 2. The van der Waals surface area contributed by atoms with Crippen molar-refractivity contribution in [1.82, 2.24) is 9.13 Å². The molecule has 1 aliphatic rings. The fourth-order valence-corrected chi connectivity index (χ4v) is 6.58. The molecular weight excluding hydrogens is 596 g/mol. The molecule has 1 atom stereocenters. The van der Waals surface area contributed by atoms with Gasteiger partial charge in [-0.1, -0.05) is 62.1 Å². The van der Waals surface area contributed by atoms with Crippen LogP contribution < -0.4 is 21.8 Å². The van der Waals surface area contributed by atoms with E-state index in [4.69, 9.17) is 0 Å². The Kier molecular flexibility index (Phi) is 9.76. The predicted octanol–water partition coefficient (Wildman–Crippen LogP) is 8.67. The lowest BCUT2D eigenvalue weighted by Gasteiger charge is -2.21. The number of nitrogens with zero attached hydrogens (tertiary/aromatic N) is 2. The first-order valence-corrected chi connectivity index (χ1v) is 17.1. The zero-order valence-corrected chi connectivity index (χ0v) is 28.3. The number of carbonyl (C=O) groups is 1. The van der Waals surface area contributed by atoms with Crippen LogP contribution in [0.3, 0.4) is 0 Å². The van der Waals surface area contributed by atoms with Gasteiger partial charge in [0, 0.05) is 42.4 Å². The minimum atomic E-state index is -0.371. The molecule has 0 spiro atoms. The molecule has 7 nitrogen and oxygen atoms in total.